The second-order valence-electron chi connectivity index (χ2n) is 6.20. The van der Waals surface area contributed by atoms with Crippen molar-refractivity contribution < 1.29 is 5.11 Å². The van der Waals surface area contributed by atoms with E-state index in [9.17, 15) is 5.11 Å². The van der Waals surface area contributed by atoms with Gasteiger partial charge in [0.25, 0.3) is 0 Å². The third-order valence-corrected chi connectivity index (χ3v) is 4.97. The summed E-state index contributed by atoms with van der Waals surface area (Å²) >= 11 is 0. The molecule has 0 spiro atoms. The molecule has 2 nitrogen and oxygen atoms in total. The topological polar surface area (TPSA) is 23.5 Å². The summed E-state index contributed by atoms with van der Waals surface area (Å²) in [5.41, 5.74) is 6.48. The molecule has 1 atom stereocenters. The molecule has 0 amide bonds. The summed E-state index contributed by atoms with van der Waals surface area (Å²) in [5.74, 6) is 0.434. The molecule has 1 N–H and O–H groups in total. The molecule has 1 heterocycles. The van der Waals surface area contributed by atoms with Gasteiger partial charge in [-0.2, -0.15) is 0 Å². The van der Waals surface area contributed by atoms with E-state index in [0.717, 1.165) is 31.5 Å². The van der Waals surface area contributed by atoms with Crippen molar-refractivity contribution in [3.8, 4) is 16.9 Å². The number of hydrogen-bond donors (Lipinski definition) is 1. The molecule has 0 fully saturated rings. The summed E-state index contributed by atoms with van der Waals surface area (Å²) in [4.78, 5) is 2.60. The van der Waals surface area contributed by atoms with Crippen molar-refractivity contribution in [2.45, 2.75) is 32.2 Å². The standard InChI is InChI=1S/C19H21NO/c1-2-10-20-11-9-13-7-8-17(21)19-15-6-4-3-5-14(15)12-16(20)18(13)19/h3-8,16,21H,2,9-12H2,1H3. The Morgan fingerprint density at radius 1 is 1.14 bits per heavy atom. The van der Waals surface area contributed by atoms with Crippen molar-refractivity contribution in [2.24, 2.45) is 0 Å². The maximum absolute atomic E-state index is 10.5. The summed E-state index contributed by atoms with van der Waals surface area (Å²) in [7, 11) is 0. The van der Waals surface area contributed by atoms with E-state index in [2.05, 4.69) is 42.2 Å². The Morgan fingerprint density at radius 3 is 2.86 bits per heavy atom. The van der Waals surface area contributed by atoms with Crippen LogP contribution in [0.2, 0.25) is 0 Å². The summed E-state index contributed by atoms with van der Waals surface area (Å²) in [6, 6.07) is 13.0. The van der Waals surface area contributed by atoms with Crippen molar-refractivity contribution in [2.75, 3.05) is 13.1 Å². The van der Waals surface area contributed by atoms with Crippen molar-refractivity contribution in [1.82, 2.24) is 4.90 Å². The fourth-order valence-corrected chi connectivity index (χ4v) is 4.07. The second kappa shape index (κ2) is 4.88. The SMILES string of the molecule is CCCN1CCc2ccc(O)c3c2C1Cc1ccccc1-3. The predicted octanol–water partition coefficient (Wildman–Crippen LogP) is 3.92. The molecule has 1 aliphatic carbocycles. The van der Waals surface area contributed by atoms with E-state index in [1.54, 1.807) is 0 Å². The molecular weight excluding hydrogens is 258 g/mol. The van der Waals surface area contributed by atoms with Gasteiger partial charge in [0.2, 0.25) is 0 Å². The van der Waals surface area contributed by atoms with Gasteiger partial charge in [-0.25, -0.2) is 0 Å². The average Bonchev–Trinajstić information content (AvgIpc) is 2.52. The van der Waals surface area contributed by atoms with Crippen molar-refractivity contribution in [3.05, 3.63) is 53.1 Å². The number of benzene rings is 2. The lowest BCUT2D eigenvalue weighted by Crippen LogP contribution is -2.38. The first-order chi connectivity index (χ1) is 10.3. The van der Waals surface area contributed by atoms with Gasteiger partial charge in [-0.15, -0.1) is 0 Å². The molecule has 0 saturated heterocycles. The van der Waals surface area contributed by atoms with Crippen LogP contribution in [-0.4, -0.2) is 23.1 Å². The summed E-state index contributed by atoms with van der Waals surface area (Å²) in [6.45, 7) is 4.52. The number of phenolic OH excluding ortho intramolecular Hbond substituents is 1. The van der Waals surface area contributed by atoms with Crippen LogP contribution in [0.4, 0.5) is 0 Å². The van der Waals surface area contributed by atoms with Crippen molar-refractivity contribution in [3.63, 3.8) is 0 Å². The largest absolute Gasteiger partial charge is 0.507 e. The maximum Gasteiger partial charge on any atom is 0.123 e. The van der Waals surface area contributed by atoms with Gasteiger partial charge in [0.1, 0.15) is 5.75 Å². The normalized spacial score (nSPS) is 20.0. The van der Waals surface area contributed by atoms with Crippen LogP contribution in [0.15, 0.2) is 36.4 Å². The van der Waals surface area contributed by atoms with E-state index in [-0.39, 0.29) is 0 Å². The molecule has 2 aromatic carbocycles. The Kier molecular flexibility index (Phi) is 3.00. The van der Waals surface area contributed by atoms with Gasteiger partial charge in [0, 0.05) is 18.2 Å². The highest BCUT2D eigenvalue weighted by Crippen LogP contribution is 2.48. The zero-order valence-electron chi connectivity index (χ0n) is 12.5. The monoisotopic (exact) mass is 279 g/mol. The molecule has 2 heteroatoms. The lowest BCUT2D eigenvalue weighted by Gasteiger charge is -2.41. The van der Waals surface area contributed by atoms with Crippen molar-refractivity contribution in [1.29, 1.82) is 0 Å². The highest BCUT2D eigenvalue weighted by molar-refractivity contribution is 5.80. The first-order valence-corrected chi connectivity index (χ1v) is 7.96. The van der Waals surface area contributed by atoms with Gasteiger partial charge in [-0.05, 0) is 54.1 Å². The number of rotatable bonds is 2. The lowest BCUT2D eigenvalue weighted by molar-refractivity contribution is 0.182. The Bertz CT molecular complexity index is 692. The van der Waals surface area contributed by atoms with Crippen LogP contribution in [0.5, 0.6) is 5.75 Å². The second-order valence-corrected chi connectivity index (χ2v) is 6.20. The van der Waals surface area contributed by atoms with E-state index in [1.807, 2.05) is 6.07 Å². The van der Waals surface area contributed by atoms with Crippen LogP contribution in [0, 0.1) is 0 Å². The third-order valence-electron chi connectivity index (χ3n) is 4.97. The summed E-state index contributed by atoms with van der Waals surface area (Å²) in [6.07, 6.45) is 3.35. The molecule has 108 valence electrons. The molecule has 0 aromatic heterocycles. The van der Waals surface area contributed by atoms with Gasteiger partial charge >= 0.3 is 0 Å². The Balaban J connectivity index is 1.95. The molecule has 0 radical (unpaired) electrons. The van der Waals surface area contributed by atoms with Gasteiger partial charge in [0.05, 0.1) is 0 Å². The quantitative estimate of drug-likeness (QED) is 0.900. The van der Waals surface area contributed by atoms with E-state index < -0.39 is 0 Å². The number of phenols is 1. The van der Waals surface area contributed by atoms with Gasteiger partial charge < -0.3 is 5.11 Å². The molecule has 2 aliphatic rings. The van der Waals surface area contributed by atoms with Crippen LogP contribution >= 0.6 is 0 Å². The van der Waals surface area contributed by atoms with Crippen LogP contribution in [-0.2, 0) is 12.8 Å². The number of hydrogen-bond acceptors (Lipinski definition) is 2. The first kappa shape index (κ1) is 12.9. The van der Waals surface area contributed by atoms with Crippen LogP contribution < -0.4 is 0 Å². The highest BCUT2D eigenvalue weighted by atomic mass is 16.3. The highest BCUT2D eigenvalue weighted by Gasteiger charge is 2.34. The van der Waals surface area contributed by atoms with E-state index >= 15 is 0 Å². The predicted molar refractivity (Wildman–Crippen MR) is 85.6 cm³/mol. The molecule has 1 unspecified atom stereocenters. The van der Waals surface area contributed by atoms with Crippen molar-refractivity contribution >= 4 is 0 Å². The average molecular weight is 279 g/mol. The Hall–Kier alpha value is -1.80. The van der Waals surface area contributed by atoms with Crippen LogP contribution in [0.25, 0.3) is 11.1 Å². The number of nitrogens with zero attached hydrogens (tertiary/aromatic N) is 1. The summed E-state index contributed by atoms with van der Waals surface area (Å²) < 4.78 is 0. The zero-order valence-corrected chi connectivity index (χ0v) is 12.5. The fourth-order valence-electron chi connectivity index (χ4n) is 4.07. The van der Waals surface area contributed by atoms with E-state index in [0.29, 0.717) is 11.8 Å². The minimum atomic E-state index is 0.434. The fraction of sp³-hybridized carbons (Fsp3) is 0.368. The van der Waals surface area contributed by atoms with Gasteiger partial charge in [-0.1, -0.05) is 37.3 Å². The molecule has 21 heavy (non-hydrogen) atoms. The maximum atomic E-state index is 10.5. The third kappa shape index (κ3) is 1.90. The summed E-state index contributed by atoms with van der Waals surface area (Å²) in [5, 5.41) is 10.5. The number of fused-ring (bicyclic) bond motifs is 2. The smallest absolute Gasteiger partial charge is 0.123 e. The Morgan fingerprint density at radius 2 is 2.00 bits per heavy atom. The number of aromatic hydroxyl groups is 1. The minimum absolute atomic E-state index is 0.434. The zero-order chi connectivity index (χ0) is 14.4. The Labute approximate surface area is 126 Å². The molecule has 0 saturated carbocycles. The van der Waals surface area contributed by atoms with E-state index in [4.69, 9.17) is 0 Å². The first-order valence-electron chi connectivity index (χ1n) is 7.96. The molecule has 4 rings (SSSR count). The molecular formula is C19H21NO. The molecule has 2 aromatic rings. The van der Waals surface area contributed by atoms with Gasteiger partial charge in [0.15, 0.2) is 0 Å². The van der Waals surface area contributed by atoms with Gasteiger partial charge in [-0.3, -0.25) is 4.90 Å². The van der Waals surface area contributed by atoms with Crippen LogP contribution in [0.1, 0.15) is 36.1 Å². The lowest BCUT2D eigenvalue weighted by atomic mass is 9.76. The molecule has 1 aliphatic heterocycles. The minimum Gasteiger partial charge on any atom is -0.507 e. The van der Waals surface area contributed by atoms with E-state index in [1.165, 1.54) is 28.7 Å². The van der Waals surface area contributed by atoms with Crippen LogP contribution in [0.3, 0.4) is 0 Å². The molecule has 0 bridgehead atoms.